The highest BCUT2D eigenvalue weighted by Gasteiger charge is 2.46. The molecule has 7 heteroatoms. The number of ether oxygens (including phenoxy) is 3. The number of aliphatic hydroxyl groups is 1. The fourth-order valence-electron chi connectivity index (χ4n) is 4.13. The molecule has 0 aliphatic carbocycles. The predicted octanol–water partition coefficient (Wildman–Crippen LogP) is 5.10. The molecule has 0 bridgehead atoms. The number of hydrogen-bond acceptors (Lipinski definition) is 6. The first kappa shape index (κ1) is 25.1. The van der Waals surface area contributed by atoms with Crippen LogP contribution in [-0.4, -0.2) is 48.6 Å². The van der Waals surface area contributed by atoms with Crippen LogP contribution in [0.2, 0.25) is 0 Å². The SMILES string of the molecule is CCCCCN1C(=O)C(=O)/C(=C(/O)c2cc(OC)ccc2OC)C1c1ccc(OC(C)C)cc1. The van der Waals surface area contributed by atoms with E-state index in [0.717, 1.165) is 24.8 Å². The second kappa shape index (κ2) is 11.1. The number of carbonyl (C=O) groups excluding carboxylic acids is 2. The van der Waals surface area contributed by atoms with Gasteiger partial charge in [-0.2, -0.15) is 0 Å². The Balaban J connectivity index is 2.15. The Morgan fingerprint density at radius 2 is 1.68 bits per heavy atom. The van der Waals surface area contributed by atoms with Crippen LogP contribution >= 0.6 is 0 Å². The number of carbonyl (C=O) groups is 2. The first-order chi connectivity index (χ1) is 16.3. The third-order valence-corrected chi connectivity index (χ3v) is 5.77. The zero-order valence-electron chi connectivity index (χ0n) is 20.5. The van der Waals surface area contributed by atoms with Crippen molar-refractivity contribution in [1.82, 2.24) is 4.90 Å². The van der Waals surface area contributed by atoms with Crippen molar-refractivity contribution in [3.05, 3.63) is 59.2 Å². The van der Waals surface area contributed by atoms with E-state index >= 15 is 0 Å². The Morgan fingerprint density at radius 1 is 1.00 bits per heavy atom. The largest absolute Gasteiger partial charge is 0.507 e. The first-order valence-electron chi connectivity index (χ1n) is 11.6. The van der Waals surface area contributed by atoms with Gasteiger partial charge in [-0.25, -0.2) is 0 Å². The van der Waals surface area contributed by atoms with Gasteiger partial charge >= 0.3 is 0 Å². The summed E-state index contributed by atoms with van der Waals surface area (Å²) >= 11 is 0. The van der Waals surface area contributed by atoms with Gasteiger partial charge in [0, 0.05) is 6.54 Å². The normalized spacial score (nSPS) is 17.4. The molecule has 2 aromatic carbocycles. The molecule has 2 aromatic rings. The highest BCUT2D eigenvalue weighted by molar-refractivity contribution is 6.46. The molecule has 0 radical (unpaired) electrons. The van der Waals surface area contributed by atoms with Crippen molar-refractivity contribution in [2.45, 2.75) is 52.2 Å². The molecule has 0 saturated carbocycles. The van der Waals surface area contributed by atoms with Crippen LogP contribution < -0.4 is 14.2 Å². The molecule has 0 spiro atoms. The standard InChI is InChI=1S/C27H33NO6/c1-6-7-8-15-28-24(18-9-11-19(12-10-18)34-17(2)3)23(26(30)27(28)31)25(29)21-16-20(32-4)13-14-22(21)33-5/h9-14,16-17,24,29H,6-8,15H2,1-5H3/b25-23+. The van der Waals surface area contributed by atoms with Crippen LogP contribution in [0.4, 0.5) is 0 Å². The Hall–Kier alpha value is -3.48. The minimum atomic E-state index is -0.721. The topological polar surface area (TPSA) is 85.3 Å². The number of likely N-dealkylation sites (tertiary alicyclic amines) is 1. The number of amides is 1. The van der Waals surface area contributed by atoms with E-state index in [2.05, 4.69) is 6.92 Å². The quantitative estimate of drug-likeness (QED) is 0.226. The molecular formula is C27H33NO6. The maximum absolute atomic E-state index is 13.2. The fraction of sp³-hybridized carbons (Fsp3) is 0.407. The van der Waals surface area contributed by atoms with E-state index in [1.54, 1.807) is 23.1 Å². The molecule has 1 aliphatic heterocycles. The lowest BCUT2D eigenvalue weighted by atomic mass is 9.94. The van der Waals surface area contributed by atoms with Crippen LogP contribution in [0.1, 0.15) is 57.2 Å². The molecule has 3 rings (SSSR count). The smallest absolute Gasteiger partial charge is 0.295 e. The second-order valence-corrected chi connectivity index (χ2v) is 8.50. The lowest BCUT2D eigenvalue weighted by molar-refractivity contribution is -0.139. The van der Waals surface area contributed by atoms with Crippen molar-refractivity contribution < 1.29 is 28.9 Å². The molecule has 34 heavy (non-hydrogen) atoms. The van der Waals surface area contributed by atoms with Gasteiger partial charge in [0.1, 0.15) is 23.0 Å². The van der Waals surface area contributed by atoms with E-state index in [0.29, 0.717) is 23.8 Å². The highest BCUT2D eigenvalue weighted by atomic mass is 16.5. The summed E-state index contributed by atoms with van der Waals surface area (Å²) in [7, 11) is 2.99. The van der Waals surface area contributed by atoms with Gasteiger partial charge in [-0.05, 0) is 56.2 Å². The molecule has 1 N–H and O–H groups in total. The summed E-state index contributed by atoms with van der Waals surface area (Å²) in [5, 5.41) is 11.4. The van der Waals surface area contributed by atoms with Crippen LogP contribution in [0.5, 0.6) is 17.2 Å². The molecule has 1 unspecified atom stereocenters. The van der Waals surface area contributed by atoms with Gasteiger partial charge in [0.25, 0.3) is 11.7 Å². The van der Waals surface area contributed by atoms with E-state index in [4.69, 9.17) is 14.2 Å². The zero-order valence-corrected chi connectivity index (χ0v) is 20.5. The summed E-state index contributed by atoms with van der Waals surface area (Å²) in [5.41, 5.74) is 1.04. The van der Waals surface area contributed by atoms with Crippen LogP contribution in [0, 0.1) is 0 Å². The van der Waals surface area contributed by atoms with Crippen molar-refractivity contribution in [2.24, 2.45) is 0 Å². The number of nitrogens with zero attached hydrogens (tertiary/aromatic N) is 1. The van der Waals surface area contributed by atoms with Crippen molar-refractivity contribution >= 4 is 17.4 Å². The van der Waals surface area contributed by atoms with Crippen LogP contribution in [0.25, 0.3) is 5.76 Å². The molecule has 7 nitrogen and oxygen atoms in total. The van der Waals surface area contributed by atoms with Gasteiger partial charge in [0.05, 0.1) is 37.5 Å². The average Bonchev–Trinajstić information content (AvgIpc) is 3.08. The molecule has 182 valence electrons. The summed E-state index contributed by atoms with van der Waals surface area (Å²) in [6, 6.07) is 11.5. The summed E-state index contributed by atoms with van der Waals surface area (Å²) in [6.45, 7) is 6.38. The third kappa shape index (κ3) is 5.19. The summed E-state index contributed by atoms with van der Waals surface area (Å²) < 4.78 is 16.4. The lowest BCUT2D eigenvalue weighted by Gasteiger charge is -2.25. The van der Waals surface area contributed by atoms with Crippen molar-refractivity contribution in [2.75, 3.05) is 20.8 Å². The number of Topliss-reactive ketones (excluding diaryl/α,β-unsaturated/α-hetero) is 1. The maximum atomic E-state index is 13.2. The van der Waals surface area contributed by atoms with Gasteiger partial charge in [-0.15, -0.1) is 0 Å². The van der Waals surface area contributed by atoms with Gasteiger partial charge in [-0.3, -0.25) is 9.59 Å². The molecule has 0 aromatic heterocycles. The monoisotopic (exact) mass is 467 g/mol. The van der Waals surface area contributed by atoms with Gasteiger partial charge < -0.3 is 24.2 Å². The molecule has 1 amide bonds. The summed E-state index contributed by atoms with van der Waals surface area (Å²) in [6.07, 6.45) is 2.69. The average molecular weight is 468 g/mol. The fourth-order valence-corrected chi connectivity index (χ4v) is 4.13. The number of unbranched alkanes of at least 4 members (excludes halogenated alkanes) is 2. The first-order valence-corrected chi connectivity index (χ1v) is 11.6. The zero-order chi connectivity index (χ0) is 24.8. The minimum absolute atomic E-state index is 0.0195. The number of methoxy groups -OCH3 is 2. The van der Waals surface area contributed by atoms with E-state index < -0.39 is 17.7 Å². The number of hydrogen-bond donors (Lipinski definition) is 1. The molecule has 1 aliphatic rings. The van der Waals surface area contributed by atoms with Crippen molar-refractivity contribution in [3.8, 4) is 17.2 Å². The van der Waals surface area contributed by atoms with E-state index in [-0.39, 0.29) is 23.0 Å². The summed E-state index contributed by atoms with van der Waals surface area (Å²) in [4.78, 5) is 27.8. The number of aliphatic hydroxyl groups excluding tert-OH is 1. The minimum Gasteiger partial charge on any atom is -0.507 e. The second-order valence-electron chi connectivity index (χ2n) is 8.50. The Morgan fingerprint density at radius 3 is 2.26 bits per heavy atom. The number of ketones is 1. The Bertz CT molecular complexity index is 1060. The van der Waals surface area contributed by atoms with E-state index in [9.17, 15) is 14.7 Å². The predicted molar refractivity (Wildman–Crippen MR) is 130 cm³/mol. The van der Waals surface area contributed by atoms with Crippen molar-refractivity contribution in [3.63, 3.8) is 0 Å². The van der Waals surface area contributed by atoms with Crippen LogP contribution in [-0.2, 0) is 9.59 Å². The van der Waals surface area contributed by atoms with Crippen LogP contribution in [0.15, 0.2) is 48.0 Å². The van der Waals surface area contributed by atoms with Gasteiger partial charge in [0.15, 0.2) is 0 Å². The molecule has 1 fully saturated rings. The summed E-state index contributed by atoms with van der Waals surface area (Å²) in [5.74, 6) is -0.0738. The number of rotatable bonds is 10. The number of benzene rings is 2. The van der Waals surface area contributed by atoms with Gasteiger partial charge in [0.2, 0.25) is 0 Å². The van der Waals surface area contributed by atoms with E-state index in [1.165, 1.54) is 14.2 Å². The molecular weight excluding hydrogens is 434 g/mol. The lowest BCUT2D eigenvalue weighted by Crippen LogP contribution is -2.30. The van der Waals surface area contributed by atoms with Crippen molar-refractivity contribution in [1.29, 1.82) is 0 Å². The van der Waals surface area contributed by atoms with Gasteiger partial charge in [-0.1, -0.05) is 31.9 Å². The Kier molecular flexibility index (Phi) is 8.21. The van der Waals surface area contributed by atoms with E-state index in [1.807, 2.05) is 38.1 Å². The van der Waals surface area contributed by atoms with Crippen LogP contribution in [0.3, 0.4) is 0 Å². The molecule has 1 atom stereocenters. The Labute approximate surface area is 200 Å². The molecule has 1 heterocycles. The third-order valence-electron chi connectivity index (χ3n) is 5.77. The maximum Gasteiger partial charge on any atom is 0.295 e. The molecule has 1 saturated heterocycles. The highest BCUT2D eigenvalue weighted by Crippen LogP contribution is 2.42.